The van der Waals surface area contributed by atoms with Crippen LogP contribution in [-0.4, -0.2) is 11.1 Å². The number of aromatic carboxylic acids is 1. The predicted octanol–water partition coefficient (Wildman–Crippen LogP) is 3.01. The lowest BCUT2D eigenvalue weighted by molar-refractivity contribution is 0.0697. The number of carbonyl (C=O) groups is 1. The fourth-order valence-electron chi connectivity index (χ4n) is 1.77. The maximum Gasteiger partial charge on any atom is 0.335 e. The maximum atomic E-state index is 13.0. The van der Waals surface area contributed by atoms with Gasteiger partial charge in [0.25, 0.3) is 0 Å². The van der Waals surface area contributed by atoms with E-state index in [4.69, 9.17) is 10.4 Å². The van der Waals surface area contributed by atoms with E-state index >= 15 is 0 Å². The summed E-state index contributed by atoms with van der Waals surface area (Å²) in [7, 11) is 0. The molecule has 2 N–H and O–H groups in total. The monoisotopic (exact) mass is 270 g/mol. The zero-order valence-corrected chi connectivity index (χ0v) is 10.4. The van der Waals surface area contributed by atoms with Crippen LogP contribution in [0.1, 0.15) is 21.5 Å². The minimum absolute atomic E-state index is 0.198. The van der Waals surface area contributed by atoms with Gasteiger partial charge in [0.1, 0.15) is 11.9 Å². The minimum atomic E-state index is -0.994. The molecular formula is C15H11FN2O2. The van der Waals surface area contributed by atoms with E-state index in [-0.39, 0.29) is 11.1 Å². The number of anilines is 1. The third kappa shape index (κ3) is 3.12. The van der Waals surface area contributed by atoms with Gasteiger partial charge in [-0.1, -0.05) is 12.1 Å². The first-order valence-corrected chi connectivity index (χ1v) is 5.86. The predicted molar refractivity (Wildman–Crippen MR) is 71.8 cm³/mol. The molecule has 0 spiro atoms. The van der Waals surface area contributed by atoms with Crippen LogP contribution in [0.2, 0.25) is 0 Å². The number of hydrogen-bond acceptors (Lipinski definition) is 3. The molecule has 2 aromatic carbocycles. The molecule has 4 nitrogen and oxygen atoms in total. The first-order valence-electron chi connectivity index (χ1n) is 5.86. The smallest absolute Gasteiger partial charge is 0.335 e. The number of halogens is 1. The fourth-order valence-corrected chi connectivity index (χ4v) is 1.77. The highest BCUT2D eigenvalue weighted by atomic mass is 19.1. The van der Waals surface area contributed by atoms with Gasteiger partial charge in [-0.05, 0) is 35.9 Å². The Kier molecular flexibility index (Phi) is 3.96. The number of rotatable bonds is 4. The van der Waals surface area contributed by atoms with Crippen molar-refractivity contribution >= 4 is 11.7 Å². The summed E-state index contributed by atoms with van der Waals surface area (Å²) >= 11 is 0. The van der Waals surface area contributed by atoms with Crippen molar-refractivity contribution in [3.05, 3.63) is 65.0 Å². The molecule has 0 saturated heterocycles. The first kappa shape index (κ1) is 13.6. The average molecular weight is 270 g/mol. The number of carboxylic acid groups (broad SMARTS) is 1. The molecule has 2 aromatic rings. The summed E-state index contributed by atoms with van der Waals surface area (Å²) in [6.45, 7) is 0.349. The molecule has 100 valence electrons. The van der Waals surface area contributed by atoms with Crippen LogP contribution in [0.25, 0.3) is 0 Å². The summed E-state index contributed by atoms with van der Waals surface area (Å²) in [5, 5.41) is 20.8. The molecule has 0 fully saturated rings. The van der Waals surface area contributed by atoms with Gasteiger partial charge in [0.15, 0.2) is 0 Å². The lowest BCUT2D eigenvalue weighted by Gasteiger charge is -2.09. The van der Waals surface area contributed by atoms with Crippen molar-refractivity contribution < 1.29 is 14.3 Å². The lowest BCUT2D eigenvalue weighted by atomic mass is 10.1. The fraction of sp³-hybridized carbons (Fsp3) is 0.0667. The number of benzene rings is 2. The minimum Gasteiger partial charge on any atom is -0.478 e. The first-order chi connectivity index (χ1) is 9.60. The number of nitriles is 1. The normalized spacial score (nSPS) is 9.80. The van der Waals surface area contributed by atoms with Crippen LogP contribution in [0.15, 0.2) is 42.5 Å². The van der Waals surface area contributed by atoms with E-state index in [0.717, 1.165) is 11.6 Å². The van der Waals surface area contributed by atoms with Crippen LogP contribution in [-0.2, 0) is 6.54 Å². The molecule has 20 heavy (non-hydrogen) atoms. The van der Waals surface area contributed by atoms with Crippen LogP contribution < -0.4 is 5.32 Å². The topological polar surface area (TPSA) is 73.1 Å². The third-order valence-electron chi connectivity index (χ3n) is 2.76. The van der Waals surface area contributed by atoms with E-state index in [1.165, 1.54) is 18.2 Å². The Labute approximate surface area is 115 Å². The second-order valence-electron chi connectivity index (χ2n) is 4.16. The van der Waals surface area contributed by atoms with Gasteiger partial charge in [0, 0.05) is 6.54 Å². The number of hydrogen-bond donors (Lipinski definition) is 2. The molecule has 0 unspecified atom stereocenters. The molecule has 5 heteroatoms. The van der Waals surface area contributed by atoms with Gasteiger partial charge in [-0.15, -0.1) is 0 Å². The van der Waals surface area contributed by atoms with E-state index in [1.807, 2.05) is 6.07 Å². The summed E-state index contributed by atoms with van der Waals surface area (Å²) in [6, 6.07) is 12.3. The van der Waals surface area contributed by atoms with Gasteiger partial charge in [-0.25, -0.2) is 9.18 Å². The van der Waals surface area contributed by atoms with E-state index < -0.39 is 11.8 Å². The van der Waals surface area contributed by atoms with Crippen molar-refractivity contribution in [2.75, 3.05) is 5.32 Å². The highest BCUT2D eigenvalue weighted by molar-refractivity contribution is 5.87. The second kappa shape index (κ2) is 5.85. The number of nitrogens with zero attached hydrogens (tertiary/aromatic N) is 1. The van der Waals surface area contributed by atoms with E-state index in [9.17, 15) is 9.18 Å². The Morgan fingerprint density at radius 1 is 1.30 bits per heavy atom. The van der Waals surface area contributed by atoms with Gasteiger partial charge < -0.3 is 10.4 Å². The molecule has 0 heterocycles. The van der Waals surface area contributed by atoms with Crippen LogP contribution in [0, 0.1) is 17.1 Å². The average Bonchev–Trinajstić information content (AvgIpc) is 2.46. The zero-order chi connectivity index (χ0) is 14.5. The second-order valence-corrected chi connectivity index (χ2v) is 4.16. The Morgan fingerprint density at radius 3 is 2.80 bits per heavy atom. The molecule has 0 aliphatic carbocycles. The molecule has 0 bridgehead atoms. The molecule has 0 saturated carbocycles. The Balaban J connectivity index is 2.15. The standard InChI is InChI=1S/C15H11FN2O2/c16-13-4-5-14(12(7-13)8-17)18-9-10-2-1-3-11(6-10)15(19)20/h1-7,18H,9H2,(H,19,20). The Morgan fingerprint density at radius 2 is 2.10 bits per heavy atom. The summed E-state index contributed by atoms with van der Waals surface area (Å²) < 4.78 is 13.0. The van der Waals surface area contributed by atoms with Crippen LogP contribution >= 0.6 is 0 Å². The van der Waals surface area contributed by atoms with Crippen molar-refractivity contribution in [1.82, 2.24) is 0 Å². The van der Waals surface area contributed by atoms with Crippen molar-refractivity contribution in [3.63, 3.8) is 0 Å². The van der Waals surface area contributed by atoms with Crippen molar-refractivity contribution in [1.29, 1.82) is 5.26 Å². The molecule has 0 atom stereocenters. The lowest BCUT2D eigenvalue weighted by Crippen LogP contribution is -2.03. The van der Waals surface area contributed by atoms with E-state index in [2.05, 4.69) is 5.32 Å². The van der Waals surface area contributed by atoms with Crippen LogP contribution in [0.4, 0.5) is 10.1 Å². The molecule has 2 rings (SSSR count). The largest absolute Gasteiger partial charge is 0.478 e. The van der Waals surface area contributed by atoms with Crippen molar-refractivity contribution in [2.45, 2.75) is 6.54 Å². The molecule has 0 aromatic heterocycles. The summed E-state index contributed by atoms with van der Waals surface area (Å²) in [4.78, 5) is 10.9. The highest BCUT2D eigenvalue weighted by Gasteiger charge is 2.05. The van der Waals surface area contributed by atoms with Crippen molar-refractivity contribution in [3.8, 4) is 6.07 Å². The van der Waals surface area contributed by atoms with Crippen LogP contribution in [0.3, 0.4) is 0 Å². The zero-order valence-electron chi connectivity index (χ0n) is 10.4. The highest BCUT2D eigenvalue weighted by Crippen LogP contribution is 2.17. The van der Waals surface area contributed by atoms with Gasteiger partial charge >= 0.3 is 5.97 Å². The number of carboxylic acids is 1. The van der Waals surface area contributed by atoms with E-state index in [0.29, 0.717) is 12.2 Å². The summed E-state index contributed by atoms with van der Waals surface area (Å²) in [6.07, 6.45) is 0. The Hall–Kier alpha value is -2.87. The molecule has 0 aliphatic rings. The third-order valence-corrected chi connectivity index (χ3v) is 2.76. The van der Waals surface area contributed by atoms with Gasteiger partial charge in [0.2, 0.25) is 0 Å². The molecule has 0 amide bonds. The van der Waals surface area contributed by atoms with Gasteiger partial charge in [0.05, 0.1) is 16.8 Å². The SMILES string of the molecule is N#Cc1cc(F)ccc1NCc1cccc(C(=O)O)c1. The summed E-state index contributed by atoms with van der Waals surface area (Å²) in [5.74, 6) is -1.47. The molecule has 0 radical (unpaired) electrons. The van der Waals surface area contributed by atoms with E-state index in [1.54, 1.807) is 18.2 Å². The van der Waals surface area contributed by atoms with Crippen molar-refractivity contribution in [2.24, 2.45) is 0 Å². The quantitative estimate of drug-likeness (QED) is 0.895. The molecule has 0 aliphatic heterocycles. The van der Waals surface area contributed by atoms with Gasteiger partial charge in [-0.2, -0.15) is 5.26 Å². The van der Waals surface area contributed by atoms with Gasteiger partial charge in [-0.3, -0.25) is 0 Å². The van der Waals surface area contributed by atoms with Crippen LogP contribution in [0.5, 0.6) is 0 Å². The maximum absolute atomic E-state index is 13.0. The number of nitrogens with one attached hydrogen (secondary N) is 1. The molecular weight excluding hydrogens is 259 g/mol. The summed E-state index contributed by atoms with van der Waals surface area (Å²) in [5.41, 5.74) is 1.68. The Bertz CT molecular complexity index is 693.